The molecule has 0 aliphatic heterocycles. The third-order valence-electron chi connectivity index (χ3n) is 2.12. The van der Waals surface area contributed by atoms with Crippen molar-refractivity contribution in [2.24, 2.45) is 0 Å². The Morgan fingerprint density at radius 3 is 2.56 bits per heavy atom. The van der Waals surface area contributed by atoms with Gasteiger partial charge in [0.25, 0.3) is 0 Å². The number of aliphatic hydroxyl groups excluding tert-OH is 1. The van der Waals surface area contributed by atoms with Crippen LogP contribution in [0.1, 0.15) is 16.5 Å². The van der Waals surface area contributed by atoms with Gasteiger partial charge in [-0.05, 0) is 46.3 Å². The van der Waals surface area contributed by atoms with Crippen LogP contribution in [0.4, 0.5) is 0 Å². The van der Waals surface area contributed by atoms with Gasteiger partial charge in [-0.3, -0.25) is 0 Å². The van der Waals surface area contributed by atoms with Crippen molar-refractivity contribution in [1.82, 2.24) is 0 Å². The molecule has 0 spiro atoms. The van der Waals surface area contributed by atoms with Gasteiger partial charge in [0.1, 0.15) is 6.10 Å². The number of aliphatic hydroxyl groups is 1. The van der Waals surface area contributed by atoms with E-state index in [2.05, 4.69) is 31.9 Å². The second-order valence-electron chi connectivity index (χ2n) is 3.21. The highest BCUT2D eigenvalue weighted by molar-refractivity contribution is 9.11. The van der Waals surface area contributed by atoms with E-state index in [1.54, 1.807) is 6.07 Å². The number of thiophene rings is 1. The summed E-state index contributed by atoms with van der Waals surface area (Å²) in [7, 11) is 0. The molecular weight excluding hydrogens is 375 g/mol. The Hall–Kier alpha value is 0.130. The van der Waals surface area contributed by atoms with Crippen LogP contribution in [0.25, 0.3) is 0 Å². The van der Waals surface area contributed by atoms with Crippen molar-refractivity contribution in [3.8, 4) is 0 Å². The smallest absolute Gasteiger partial charge is 0.115 e. The lowest BCUT2D eigenvalue weighted by Crippen LogP contribution is -1.97. The monoisotopic (exact) mass is 380 g/mol. The number of halogens is 3. The Morgan fingerprint density at radius 1 is 1.19 bits per heavy atom. The minimum atomic E-state index is -0.679. The largest absolute Gasteiger partial charge is 0.383 e. The first-order valence-electron chi connectivity index (χ1n) is 4.46. The molecule has 0 bridgehead atoms. The molecule has 1 N–H and O–H groups in total. The fourth-order valence-electron chi connectivity index (χ4n) is 1.35. The summed E-state index contributed by atoms with van der Waals surface area (Å²) in [5, 5.41) is 10.8. The van der Waals surface area contributed by atoms with Crippen molar-refractivity contribution in [3.63, 3.8) is 0 Å². The Labute approximate surface area is 119 Å². The summed E-state index contributed by atoms with van der Waals surface area (Å²) in [5.41, 5.74) is 0.713. The number of hydrogen-bond acceptors (Lipinski definition) is 2. The van der Waals surface area contributed by atoms with Crippen LogP contribution in [0.3, 0.4) is 0 Å². The highest BCUT2D eigenvalue weighted by Gasteiger charge is 2.16. The van der Waals surface area contributed by atoms with Gasteiger partial charge in [-0.25, -0.2) is 0 Å². The summed E-state index contributed by atoms with van der Waals surface area (Å²) in [6.07, 6.45) is -0.679. The molecule has 16 heavy (non-hydrogen) atoms. The van der Waals surface area contributed by atoms with Crippen LogP contribution in [0.2, 0.25) is 5.02 Å². The third kappa shape index (κ3) is 2.68. The van der Waals surface area contributed by atoms with E-state index in [9.17, 15) is 5.11 Å². The lowest BCUT2D eigenvalue weighted by Gasteiger charge is -2.11. The van der Waals surface area contributed by atoms with Crippen LogP contribution in [-0.4, -0.2) is 5.11 Å². The van der Waals surface area contributed by atoms with Gasteiger partial charge in [0.2, 0.25) is 0 Å². The fraction of sp³-hybridized carbons (Fsp3) is 0.0909. The van der Waals surface area contributed by atoms with Crippen LogP contribution < -0.4 is 0 Å². The van der Waals surface area contributed by atoms with E-state index in [-0.39, 0.29) is 0 Å². The molecule has 0 fully saturated rings. The quantitative estimate of drug-likeness (QED) is 0.774. The summed E-state index contributed by atoms with van der Waals surface area (Å²) in [6, 6.07) is 9.25. The molecule has 0 aliphatic carbocycles. The molecule has 2 rings (SSSR count). The van der Waals surface area contributed by atoms with Crippen LogP contribution in [0.5, 0.6) is 0 Å². The molecule has 0 saturated carbocycles. The van der Waals surface area contributed by atoms with Gasteiger partial charge in [-0.2, -0.15) is 0 Å². The van der Waals surface area contributed by atoms with Crippen LogP contribution in [0, 0.1) is 0 Å². The molecule has 0 radical (unpaired) electrons. The minimum absolute atomic E-state index is 0.570. The van der Waals surface area contributed by atoms with Gasteiger partial charge in [0.15, 0.2) is 0 Å². The molecule has 1 aromatic heterocycles. The molecule has 1 nitrogen and oxygen atoms in total. The molecular formula is C11H7Br2ClOS. The number of rotatable bonds is 2. The van der Waals surface area contributed by atoms with E-state index in [1.807, 2.05) is 24.3 Å². The molecule has 5 heteroatoms. The van der Waals surface area contributed by atoms with E-state index < -0.39 is 6.10 Å². The summed E-state index contributed by atoms with van der Waals surface area (Å²) in [6.45, 7) is 0. The molecule has 84 valence electrons. The van der Waals surface area contributed by atoms with Crippen LogP contribution >= 0.6 is 54.8 Å². The summed E-state index contributed by atoms with van der Waals surface area (Å²) >= 11 is 14.3. The molecule has 1 atom stereocenters. The molecule has 0 saturated heterocycles. The predicted molar refractivity (Wildman–Crippen MR) is 75.2 cm³/mol. The van der Waals surface area contributed by atoms with Crippen molar-refractivity contribution >= 4 is 54.8 Å². The summed E-state index contributed by atoms with van der Waals surface area (Å²) < 4.78 is 1.90. The Balaban J connectivity index is 2.40. The zero-order valence-corrected chi connectivity index (χ0v) is 12.7. The first kappa shape index (κ1) is 12.6. The van der Waals surface area contributed by atoms with Gasteiger partial charge < -0.3 is 5.11 Å². The van der Waals surface area contributed by atoms with Gasteiger partial charge in [-0.1, -0.05) is 27.5 Å². The number of hydrogen-bond donors (Lipinski definition) is 1. The maximum Gasteiger partial charge on any atom is 0.115 e. The average molecular weight is 383 g/mol. The van der Waals surface area contributed by atoms with E-state index >= 15 is 0 Å². The second-order valence-corrected chi connectivity index (χ2v) is 7.03. The molecule has 0 aliphatic rings. The second kappa shape index (κ2) is 5.19. The van der Waals surface area contributed by atoms with Crippen molar-refractivity contribution in [1.29, 1.82) is 0 Å². The first-order chi connectivity index (χ1) is 7.58. The first-order valence-corrected chi connectivity index (χ1v) is 7.24. The molecule has 1 heterocycles. The zero-order chi connectivity index (χ0) is 11.7. The van der Waals surface area contributed by atoms with Crippen molar-refractivity contribution < 1.29 is 5.11 Å². The summed E-state index contributed by atoms with van der Waals surface area (Å²) in [5.74, 6) is 0. The van der Waals surface area contributed by atoms with E-state index in [4.69, 9.17) is 11.6 Å². The standard InChI is InChI=1S/C11H7Br2ClOS/c12-6-1-2-8(14)7(5-6)11(15)9-3-4-10(13)16-9/h1-5,11,15H. The Kier molecular flexibility index (Phi) is 4.08. The van der Waals surface area contributed by atoms with Crippen molar-refractivity contribution in [3.05, 3.63) is 54.1 Å². The van der Waals surface area contributed by atoms with Gasteiger partial charge in [0.05, 0.1) is 3.79 Å². The SMILES string of the molecule is OC(c1ccc(Br)s1)c1cc(Br)ccc1Cl. The van der Waals surface area contributed by atoms with E-state index in [0.717, 1.165) is 13.1 Å². The summed E-state index contributed by atoms with van der Waals surface area (Å²) in [4.78, 5) is 0.867. The normalized spacial score (nSPS) is 12.8. The van der Waals surface area contributed by atoms with Crippen molar-refractivity contribution in [2.75, 3.05) is 0 Å². The van der Waals surface area contributed by atoms with Crippen molar-refractivity contribution in [2.45, 2.75) is 6.10 Å². The van der Waals surface area contributed by atoms with E-state index in [0.29, 0.717) is 10.6 Å². The fourth-order valence-corrected chi connectivity index (χ4v) is 3.38. The van der Waals surface area contributed by atoms with Gasteiger partial charge in [-0.15, -0.1) is 11.3 Å². The molecule has 0 amide bonds. The van der Waals surface area contributed by atoms with Gasteiger partial charge in [0, 0.05) is 19.9 Å². The van der Waals surface area contributed by atoms with Gasteiger partial charge >= 0.3 is 0 Å². The maximum atomic E-state index is 10.2. The molecule has 2 aromatic rings. The lowest BCUT2D eigenvalue weighted by molar-refractivity contribution is 0.224. The highest BCUT2D eigenvalue weighted by atomic mass is 79.9. The highest BCUT2D eigenvalue weighted by Crippen LogP contribution is 2.35. The van der Waals surface area contributed by atoms with E-state index in [1.165, 1.54) is 11.3 Å². The predicted octanol–water partition coefficient (Wildman–Crippen LogP) is 5.01. The number of benzene rings is 1. The third-order valence-corrected chi connectivity index (χ3v) is 4.63. The van der Waals surface area contributed by atoms with Crippen LogP contribution in [-0.2, 0) is 0 Å². The minimum Gasteiger partial charge on any atom is -0.383 e. The molecule has 1 unspecified atom stereocenters. The van der Waals surface area contributed by atoms with Crippen LogP contribution in [0.15, 0.2) is 38.6 Å². The lowest BCUT2D eigenvalue weighted by atomic mass is 10.1. The zero-order valence-electron chi connectivity index (χ0n) is 7.95. The maximum absolute atomic E-state index is 10.2. The Morgan fingerprint density at radius 2 is 1.94 bits per heavy atom. The average Bonchev–Trinajstić information content (AvgIpc) is 2.67. The topological polar surface area (TPSA) is 20.2 Å². The Bertz CT molecular complexity index is 512. The molecule has 1 aromatic carbocycles.